The first-order valence-corrected chi connectivity index (χ1v) is 9.30. The van der Waals surface area contributed by atoms with Crippen molar-refractivity contribution in [2.75, 3.05) is 11.9 Å². The van der Waals surface area contributed by atoms with Gasteiger partial charge in [-0.15, -0.1) is 10.2 Å². The first kappa shape index (κ1) is 17.3. The summed E-state index contributed by atoms with van der Waals surface area (Å²) in [6.07, 6.45) is 4.51. The molecule has 3 aromatic rings. The third kappa shape index (κ3) is 4.16. The molecule has 2 heterocycles. The van der Waals surface area contributed by atoms with Crippen molar-refractivity contribution in [1.82, 2.24) is 14.8 Å². The molecule has 0 fully saturated rings. The van der Waals surface area contributed by atoms with Crippen LogP contribution in [0.2, 0.25) is 0 Å². The lowest BCUT2D eigenvalue weighted by atomic mass is 10.2. The Morgan fingerprint density at radius 1 is 1.04 bits per heavy atom. The van der Waals surface area contributed by atoms with Crippen LogP contribution in [0.5, 0.6) is 5.75 Å². The van der Waals surface area contributed by atoms with Crippen LogP contribution in [0.25, 0.3) is 11.4 Å². The van der Waals surface area contributed by atoms with Crippen molar-refractivity contribution in [3.8, 4) is 17.1 Å². The van der Waals surface area contributed by atoms with E-state index >= 15 is 0 Å². The van der Waals surface area contributed by atoms with Crippen LogP contribution < -0.4 is 10.1 Å². The van der Waals surface area contributed by atoms with Crippen LogP contribution in [-0.4, -0.2) is 27.3 Å². The van der Waals surface area contributed by atoms with Crippen LogP contribution in [0.4, 0.5) is 5.69 Å². The van der Waals surface area contributed by atoms with Crippen LogP contribution in [0.1, 0.15) is 25.1 Å². The van der Waals surface area contributed by atoms with Gasteiger partial charge in [-0.3, -0.25) is 4.79 Å². The average molecular weight is 362 g/mol. The fourth-order valence-electron chi connectivity index (χ4n) is 3.29. The van der Waals surface area contributed by atoms with E-state index in [9.17, 15) is 4.79 Å². The third-order valence-electron chi connectivity index (χ3n) is 4.63. The second-order valence-electron chi connectivity index (χ2n) is 6.63. The van der Waals surface area contributed by atoms with E-state index in [4.69, 9.17) is 4.74 Å². The van der Waals surface area contributed by atoms with Crippen LogP contribution >= 0.6 is 0 Å². The first-order chi connectivity index (χ1) is 13.3. The van der Waals surface area contributed by atoms with E-state index < -0.39 is 0 Å². The number of ether oxygens (including phenoxy) is 1. The molecule has 0 spiro atoms. The molecule has 4 rings (SSSR count). The maximum atomic E-state index is 12.1. The molecular weight excluding hydrogens is 340 g/mol. The average Bonchev–Trinajstić information content (AvgIpc) is 2.96. The molecule has 1 amide bonds. The Balaban J connectivity index is 1.44. The number of carbonyl (C=O) groups is 1. The molecule has 1 aromatic heterocycles. The molecule has 27 heavy (non-hydrogen) atoms. The Kier molecular flexibility index (Phi) is 5.14. The zero-order valence-electron chi connectivity index (χ0n) is 15.1. The molecule has 0 bridgehead atoms. The van der Waals surface area contributed by atoms with Crippen LogP contribution in [0.15, 0.2) is 54.6 Å². The molecule has 2 aromatic carbocycles. The van der Waals surface area contributed by atoms with Crippen molar-refractivity contribution in [2.24, 2.45) is 0 Å². The Labute approximate surface area is 158 Å². The summed E-state index contributed by atoms with van der Waals surface area (Å²) >= 11 is 0. The number of hydrogen-bond donors (Lipinski definition) is 1. The summed E-state index contributed by atoms with van der Waals surface area (Å²) in [6.45, 7) is 0.901. The van der Waals surface area contributed by atoms with Crippen molar-refractivity contribution in [2.45, 2.75) is 32.2 Å². The molecule has 0 radical (unpaired) electrons. The van der Waals surface area contributed by atoms with E-state index in [-0.39, 0.29) is 12.5 Å². The summed E-state index contributed by atoms with van der Waals surface area (Å²) < 4.78 is 7.88. The maximum Gasteiger partial charge on any atom is 0.262 e. The van der Waals surface area contributed by atoms with Crippen molar-refractivity contribution in [3.05, 3.63) is 60.4 Å². The molecule has 0 saturated carbocycles. The van der Waals surface area contributed by atoms with E-state index in [1.165, 1.54) is 6.42 Å². The van der Waals surface area contributed by atoms with Gasteiger partial charge in [-0.05, 0) is 37.1 Å². The number of carbonyl (C=O) groups excluding carboxylic acids is 1. The number of aryl methyl sites for hydroxylation is 1. The summed E-state index contributed by atoms with van der Waals surface area (Å²) in [4.78, 5) is 12.1. The highest BCUT2D eigenvalue weighted by molar-refractivity contribution is 5.91. The van der Waals surface area contributed by atoms with Gasteiger partial charge in [0.1, 0.15) is 11.6 Å². The van der Waals surface area contributed by atoms with Crippen LogP contribution in [-0.2, 0) is 17.8 Å². The number of nitrogens with one attached hydrogen (secondary N) is 1. The van der Waals surface area contributed by atoms with E-state index in [1.54, 1.807) is 0 Å². The van der Waals surface area contributed by atoms with E-state index in [0.717, 1.165) is 48.7 Å². The summed E-state index contributed by atoms with van der Waals surface area (Å²) in [5.41, 5.74) is 1.71. The predicted molar refractivity (Wildman–Crippen MR) is 104 cm³/mol. The fraction of sp³-hybridized carbons (Fsp3) is 0.286. The minimum absolute atomic E-state index is 0.0453. The molecule has 1 N–H and O–H groups in total. The molecule has 0 unspecified atom stereocenters. The number of rotatable bonds is 5. The third-order valence-corrected chi connectivity index (χ3v) is 4.63. The van der Waals surface area contributed by atoms with Crippen molar-refractivity contribution in [1.29, 1.82) is 0 Å². The normalized spacial score (nSPS) is 13.5. The summed E-state index contributed by atoms with van der Waals surface area (Å²) in [5.74, 6) is 2.37. The lowest BCUT2D eigenvalue weighted by molar-refractivity contribution is -0.118. The van der Waals surface area contributed by atoms with Gasteiger partial charge in [0.25, 0.3) is 5.91 Å². The minimum Gasteiger partial charge on any atom is -0.484 e. The highest BCUT2D eigenvalue weighted by atomic mass is 16.5. The van der Waals surface area contributed by atoms with Crippen LogP contribution in [0, 0.1) is 0 Å². The van der Waals surface area contributed by atoms with Gasteiger partial charge in [-0.1, -0.05) is 36.8 Å². The number of amides is 1. The smallest absolute Gasteiger partial charge is 0.262 e. The lowest BCUT2D eigenvalue weighted by Gasteiger charge is -2.10. The quantitative estimate of drug-likeness (QED) is 0.752. The first-order valence-electron chi connectivity index (χ1n) is 9.30. The fourth-order valence-corrected chi connectivity index (χ4v) is 3.29. The monoisotopic (exact) mass is 362 g/mol. The van der Waals surface area contributed by atoms with Crippen molar-refractivity contribution < 1.29 is 9.53 Å². The van der Waals surface area contributed by atoms with Crippen LogP contribution in [0.3, 0.4) is 0 Å². The van der Waals surface area contributed by atoms with Gasteiger partial charge < -0.3 is 14.6 Å². The molecule has 6 heteroatoms. The lowest BCUT2D eigenvalue weighted by Crippen LogP contribution is -2.20. The number of para-hydroxylation sites is 1. The van der Waals surface area contributed by atoms with Gasteiger partial charge in [0, 0.05) is 24.2 Å². The summed E-state index contributed by atoms with van der Waals surface area (Å²) in [7, 11) is 0. The SMILES string of the molecule is O=C(COc1cccc(-c2nnc3n2CCCCC3)c1)Nc1ccccc1. The van der Waals surface area contributed by atoms with E-state index in [1.807, 2.05) is 54.6 Å². The Bertz CT molecular complexity index is 921. The summed E-state index contributed by atoms with van der Waals surface area (Å²) in [6, 6.07) is 17.0. The molecule has 0 aliphatic carbocycles. The molecule has 138 valence electrons. The zero-order valence-corrected chi connectivity index (χ0v) is 15.1. The minimum atomic E-state index is -0.192. The number of nitrogens with zero attached hydrogens (tertiary/aromatic N) is 3. The van der Waals surface area contributed by atoms with Gasteiger partial charge in [-0.2, -0.15) is 0 Å². The van der Waals surface area contributed by atoms with Crippen molar-refractivity contribution in [3.63, 3.8) is 0 Å². The largest absolute Gasteiger partial charge is 0.484 e. The standard InChI is InChI=1S/C21H22N4O2/c26-20(22-17-9-3-1-4-10-17)15-27-18-11-7-8-16(14-18)21-24-23-19-12-5-2-6-13-25(19)21/h1,3-4,7-11,14H,2,5-6,12-13,15H2,(H,22,26). The van der Waals surface area contributed by atoms with E-state index in [0.29, 0.717) is 5.75 Å². The Morgan fingerprint density at radius 3 is 2.81 bits per heavy atom. The predicted octanol–water partition coefficient (Wildman–Crippen LogP) is 3.69. The molecule has 0 saturated heterocycles. The number of hydrogen-bond acceptors (Lipinski definition) is 4. The summed E-state index contributed by atoms with van der Waals surface area (Å²) in [5, 5.41) is 11.5. The van der Waals surface area contributed by atoms with E-state index in [2.05, 4.69) is 20.1 Å². The molecule has 6 nitrogen and oxygen atoms in total. The topological polar surface area (TPSA) is 69.0 Å². The van der Waals surface area contributed by atoms with Gasteiger partial charge in [-0.25, -0.2) is 0 Å². The molecule has 1 aliphatic rings. The number of aromatic nitrogens is 3. The Morgan fingerprint density at radius 2 is 1.93 bits per heavy atom. The molecule has 1 aliphatic heterocycles. The second kappa shape index (κ2) is 8.03. The Hall–Kier alpha value is -3.15. The molecular formula is C21H22N4O2. The van der Waals surface area contributed by atoms with Crippen molar-refractivity contribution >= 4 is 11.6 Å². The number of fused-ring (bicyclic) bond motifs is 1. The van der Waals surface area contributed by atoms with Gasteiger partial charge in [0.15, 0.2) is 12.4 Å². The molecule has 0 atom stereocenters. The number of benzene rings is 2. The highest BCUT2D eigenvalue weighted by Crippen LogP contribution is 2.25. The van der Waals surface area contributed by atoms with Gasteiger partial charge in [0.05, 0.1) is 0 Å². The second-order valence-corrected chi connectivity index (χ2v) is 6.63. The highest BCUT2D eigenvalue weighted by Gasteiger charge is 2.16. The number of anilines is 1. The van der Waals surface area contributed by atoms with Gasteiger partial charge in [0.2, 0.25) is 0 Å². The zero-order chi connectivity index (χ0) is 18.5. The van der Waals surface area contributed by atoms with Gasteiger partial charge >= 0.3 is 0 Å². The maximum absolute atomic E-state index is 12.1.